The van der Waals surface area contributed by atoms with Gasteiger partial charge in [0.25, 0.3) is 0 Å². The standard InChI is InChI=1S/C15H13NO3S2/c1-19-15(18)13-10(6-7-20-13)16-14(17)12-8-9-4-2-3-5-11(9)21-12/h2-7,12H,8H2,1H3,(H,16,17). The van der Waals surface area contributed by atoms with Crippen molar-refractivity contribution in [1.29, 1.82) is 0 Å². The lowest BCUT2D eigenvalue weighted by molar-refractivity contribution is -0.115. The molecule has 2 heterocycles. The lowest BCUT2D eigenvalue weighted by Gasteiger charge is -2.10. The van der Waals surface area contributed by atoms with Gasteiger partial charge in [0.15, 0.2) is 0 Å². The van der Waals surface area contributed by atoms with Crippen LogP contribution < -0.4 is 5.32 Å². The Kier molecular flexibility index (Phi) is 3.98. The molecule has 0 fully saturated rings. The monoisotopic (exact) mass is 319 g/mol. The van der Waals surface area contributed by atoms with E-state index in [9.17, 15) is 9.59 Å². The number of anilines is 1. The van der Waals surface area contributed by atoms with Crippen molar-refractivity contribution in [2.75, 3.05) is 12.4 Å². The van der Waals surface area contributed by atoms with E-state index in [2.05, 4.69) is 5.32 Å². The third-order valence-electron chi connectivity index (χ3n) is 3.23. The van der Waals surface area contributed by atoms with E-state index in [4.69, 9.17) is 4.74 Å². The molecule has 108 valence electrons. The highest BCUT2D eigenvalue weighted by molar-refractivity contribution is 8.01. The molecule has 1 unspecified atom stereocenters. The van der Waals surface area contributed by atoms with Crippen LogP contribution in [0, 0.1) is 0 Å². The Morgan fingerprint density at radius 3 is 2.86 bits per heavy atom. The molecule has 3 rings (SSSR count). The van der Waals surface area contributed by atoms with Crippen molar-refractivity contribution < 1.29 is 14.3 Å². The van der Waals surface area contributed by atoms with Gasteiger partial charge in [-0.05, 0) is 29.5 Å². The number of carbonyl (C=O) groups is 2. The van der Waals surface area contributed by atoms with Gasteiger partial charge in [0.2, 0.25) is 5.91 Å². The van der Waals surface area contributed by atoms with Crippen LogP contribution in [0.4, 0.5) is 5.69 Å². The number of esters is 1. The average Bonchev–Trinajstić information content (AvgIpc) is 3.12. The summed E-state index contributed by atoms with van der Waals surface area (Å²) >= 11 is 2.82. The first-order chi connectivity index (χ1) is 10.2. The van der Waals surface area contributed by atoms with Crippen molar-refractivity contribution in [2.24, 2.45) is 0 Å². The van der Waals surface area contributed by atoms with Gasteiger partial charge in [0.05, 0.1) is 18.0 Å². The zero-order chi connectivity index (χ0) is 14.8. The van der Waals surface area contributed by atoms with Gasteiger partial charge < -0.3 is 10.1 Å². The molecule has 1 aromatic heterocycles. The predicted octanol–water partition coefficient (Wildman–Crippen LogP) is 3.19. The summed E-state index contributed by atoms with van der Waals surface area (Å²) in [5.41, 5.74) is 1.72. The number of hydrogen-bond donors (Lipinski definition) is 1. The van der Waals surface area contributed by atoms with Crippen LogP contribution >= 0.6 is 23.1 Å². The first-order valence-corrected chi connectivity index (χ1v) is 8.16. The smallest absolute Gasteiger partial charge is 0.350 e. The van der Waals surface area contributed by atoms with Crippen molar-refractivity contribution in [3.8, 4) is 0 Å². The summed E-state index contributed by atoms with van der Waals surface area (Å²) in [4.78, 5) is 25.5. The van der Waals surface area contributed by atoms with Crippen LogP contribution in [-0.2, 0) is 16.0 Å². The molecule has 0 radical (unpaired) electrons. The molecule has 1 atom stereocenters. The second kappa shape index (κ2) is 5.91. The summed E-state index contributed by atoms with van der Waals surface area (Å²) in [6, 6.07) is 9.74. The Balaban J connectivity index is 1.71. The lowest BCUT2D eigenvalue weighted by atomic mass is 10.1. The Hall–Kier alpha value is -1.79. The highest BCUT2D eigenvalue weighted by atomic mass is 32.2. The second-order valence-electron chi connectivity index (χ2n) is 4.56. The molecule has 1 amide bonds. The summed E-state index contributed by atoms with van der Waals surface area (Å²) in [6.45, 7) is 0. The quantitative estimate of drug-likeness (QED) is 0.883. The number of hydrogen-bond acceptors (Lipinski definition) is 5. The van der Waals surface area contributed by atoms with Gasteiger partial charge in [-0.2, -0.15) is 0 Å². The average molecular weight is 319 g/mol. The maximum Gasteiger partial charge on any atom is 0.350 e. The second-order valence-corrected chi connectivity index (χ2v) is 6.72. The molecule has 21 heavy (non-hydrogen) atoms. The van der Waals surface area contributed by atoms with E-state index in [0.717, 1.165) is 4.90 Å². The number of nitrogens with one attached hydrogen (secondary N) is 1. The third kappa shape index (κ3) is 2.82. The van der Waals surface area contributed by atoms with E-state index in [1.165, 1.54) is 24.0 Å². The third-order valence-corrected chi connectivity index (χ3v) is 5.45. The van der Waals surface area contributed by atoms with Crippen LogP contribution in [0.2, 0.25) is 0 Å². The molecule has 6 heteroatoms. The zero-order valence-corrected chi connectivity index (χ0v) is 12.9. The topological polar surface area (TPSA) is 55.4 Å². The molecule has 4 nitrogen and oxygen atoms in total. The number of thiophene rings is 1. The summed E-state index contributed by atoms with van der Waals surface area (Å²) in [7, 11) is 1.33. The Bertz CT molecular complexity index is 671. The molecule has 0 bridgehead atoms. The number of thioether (sulfide) groups is 1. The van der Waals surface area contributed by atoms with Gasteiger partial charge in [-0.3, -0.25) is 4.79 Å². The van der Waals surface area contributed by atoms with Crippen LogP contribution in [0.25, 0.3) is 0 Å². The van der Waals surface area contributed by atoms with Gasteiger partial charge in [-0.25, -0.2) is 4.79 Å². The summed E-state index contributed by atoms with van der Waals surface area (Å²) in [5, 5.41) is 4.44. The van der Waals surface area contributed by atoms with E-state index in [1.54, 1.807) is 23.2 Å². The molecule has 1 aliphatic heterocycles. The summed E-state index contributed by atoms with van der Waals surface area (Å²) < 4.78 is 4.71. The van der Waals surface area contributed by atoms with Crippen molar-refractivity contribution >= 4 is 40.7 Å². The number of ether oxygens (including phenoxy) is 1. The van der Waals surface area contributed by atoms with Crippen molar-refractivity contribution in [3.63, 3.8) is 0 Å². The van der Waals surface area contributed by atoms with Crippen molar-refractivity contribution in [1.82, 2.24) is 0 Å². The molecular formula is C15H13NO3S2. The zero-order valence-electron chi connectivity index (χ0n) is 11.3. The Labute approximate surface area is 130 Å². The van der Waals surface area contributed by atoms with Gasteiger partial charge >= 0.3 is 5.97 Å². The number of fused-ring (bicyclic) bond motifs is 1. The van der Waals surface area contributed by atoms with Crippen molar-refractivity contribution in [2.45, 2.75) is 16.6 Å². The SMILES string of the molecule is COC(=O)c1sccc1NC(=O)C1Cc2ccccc2S1. The Morgan fingerprint density at radius 2 is 2.10 bits per heavy atom. The van der Waals surface area contributed by atoms with Crippen LogP contribution in [0.3, 0.4) is 0 Å². The number of rotatable bonds is 3. The number of methoxy groups -OCH3 is 1. The molecule has 0 saturated heterocycles. The van der Waals surface area contributed by atoms with Crippen LogP contribution in [0.1, 0.15) is 15.2 Å². The van der Waals surface area contributed by atoms with E-state index in [-0.39, 0.29) is 11.2 Å². The molecule has 2 aromatic rings. The van der Waals surface area contributed by atoms with E-state index >= 15 is 0 Å². The Morgan fingerprint density at radius 1 is 1.29 bits per heavy atom. The van der Waals surface area contributed by atoms with E-state index in [0.29, 0.717) is 17.0 Å². The highest BCUT2D eigenvalue weighted by Gasteiger charge is 2.29. The van der Waals surface area contributed by atoms with Crippen LogP contribution in [-0.4, -0.2) is 24.2 Å². The first-order valence-electron chi connectivity index (χ1n) is 6.40. The van der Waals surface area contributed by atoms with E-state index in [1.807, 2.05) is 24.3 Å². The molecule has 1 aromatic carbocycles. The minimum atomic E-state index is -0.428. The highest BCUT2D eigenvalue weighted by Crippen LogP contribution is 2.37. The summed E-state index contributed by atoms with van der Waals surface area (Å²) in [6.07, 6.45) is 0.713. The molecule has 1 N–H and O–H groups in total. The first kappa shape index (κ1) is 14.2. The molecular weight excluding hydrogens is 306 g/mol. The minimum absolute atomic E-state index is 0.0836. The van der Waals surface area contributed by atoms with Gasteiger partial charge in [-0.15, -0.1) is 23.1 Å². The molecule has 0 spiro atoms. The van der Waals surface area contributed by atoms with Gasteiger partial charge in [0, 0.05) is 4.90 Å². The van der Waals surface area contributed by atoms with Crippen molar-refractivity contribution in [3.05, 3.63) is 46.2 Å². The van der Waals surface area contributed by atoms with Crippen LogP contribution in [0.15, 0.2) is 40.6 Å². The normalized spacial score (nSPS) is 16.3. The molecule has 0 aliphatic carbocycles. The predicted molar refractivity (Wildman–Crippen MR) is 84.1 cm³/mol. The fourth-order valence-electron chi connectivity index (χ4n) is 2.20. The minimum Gasteiger partial charge on any atom is -0.465 e. The maximum absolute atomic E-state index is 12.4. The number of benzene rings is 1. The molecule has 0 saturated carbocycles. The number of carbonyl (C=O) groups excluding carboxylic acids is 2. The fourth-order valence-corrected chi connectivity index (χ4v) is 4.16. The fraction of sp³-hybridized carbons (Fsp3) is 0.200. The van der Waals surface area contributed by atoms with E-state index < -0.39 is 5.97 Å². The van der Waals surface area contributed by atoms with Gasteiger partial charge in [0.1, 0.15) is 4.88 Å². The summed E-state index contributed by atoms with van der Waals surface area (Å²) in [5.74, 6) is -0.512. The van der Waals surface area contributed by atoms with Crippen LogP contribution in [0.5, 0.6) is 0 Å². The lowest BCUT2D eigenvalue weighted by Crippen LogP contribution is -2.25. The molecule has 1 aliphatic rings. The maximum atomic E-state index is 12.4. The number of amides is 1. The largest absolute Gasteiger partial charge is 0.465 e. The van der Waals surface area contributed by atoms with Gasteiger partial charge in [-0.1, -0.05) is 18.2 Å².